The van der Waals surface area contributed by atoms with E-state index in [-0.39, 0.29) is 16.9 Å². The maximum absolute atomic E-state index is 11.5. The number of ether oxygens (including phenoxy) is 2. The van der Waals surface area contributed by atoms with Crippen molar-refractivity contribution in [3.63, 3.8) is 0 Å². The lowest BCUT2D eigenvalue weighted by Gasteiger charge is -2.15. The van der Waals surface area contributed by atoms with Crippen molar-refractivity contribution < 1.29 is 14.3 Å². The first-order valence-corrected chi connectivity index (χ1v) is 6.65. The molecule has 0 aliphatic carbocycles. The summed E-state index contributed by atoms with van der Waals surface area (Å²) in [5, 5.41) is 0.188. The average Bonchev–Trinajstić information content (AvgIpc) is 2.25. The van der Waals surface area contributed by atoms with E-state index in [0.717, 1.165) is 0 Å². The van der Waals surface area contributed by atoms with Gasteiger partial charge in [-0.2, -0.15) is 0 Å². The molecule has 0 heterocycles. The van der Waals surface area contributed by atoms with Crippen LogP contribution in [0.25, 0.3) is 0 Å². The highest BCUT2D eigenvalue weighted by atomic mass is 79.9. The molecule has 0 saturated carbocycles. The fraction of sp³-hybridized carbons (Fsp3) is 0.300. The van der Waals surface area contributed by atoms with Gasteiger partial charge in [-0.1, -0.05) is 15.9 Å². The van der Waals surface area contributed by atoms with Gasteiger partial charge in [0.05, 0.1) is 12.4 Å². The van der Waals surface area contributed by atoms with Crippen molar-refractivity contribution in [2.45, 2.75) is 3.98 Å². The lowest BCUT2D eigenvalue weighted by molar-refractivity contribution is 0.102. The third-order valence-corrected chi connectivity index (χ3v) is 2.53. The number of carbonyl (C=O) groups excluding carboxylic acids is 1. The minimum absolute atomic E-state index is 0.127. The highest BCUT2D eigenvalue weighted by Crippen LogP contribution is 2.32. The van der Waals surface area contributed by atoms with Gasteiger partial charge in [-0.3, -0.25) is 4.79 Å². The van der Waals surface area contributed by atoms with Gasteiger partial charge in [0.1, 0.15) is 11.5 Å². The Labute approximate surface area is 122 Å². The highest BCUT2D eigenvalue weighted by molar-refractivity contribution is 9.09. The summed E-state index contributed by atoms with van der Waals surface area (Å²) >= 11 is 19.6. The number of carbonyl (C=O) groups is 1. The molecule has 7 heteroatoms. The van der Waals surface area contributed by atoms with E-state index in [9.17, 15) is 4.79 Å². The molecule has 0 fully saturated rings. The zero-order chi connectivity index (χ0) is 13.1. The first kappa shape index (κ1) is 14.9. The summed E-state index contributed by atoms with van der Waals surface area (Å²) in [6.45, 7) is 0. The van der Waals surface area contributed by atoms with Gasteiger partial charge in [0.15, 0.2) is 5.78 Å². The first-order valence-electron chi connectivity index (χ1n) is 4.39. The summed E-state index contributed by atoms with van der Waals surface area (Å²) in [5.74, 6) is 0.563. The van der Waals surface area contributed by atoms with Crippen LogP contribution in [0.1, 0.15) is 10.4 Å². The smallest absolute Gasteiger partial charge is 0.338 e. The van der Waals surface area contributed by atoms with Crippen LogP contribution in [-0.2, 0) is 0 Å². The largest absolute Gasteiger partial charge is 0.497 e. The Morgan fingerprint density at radius 1 is 1.29 bits per heavy atom. The molecule has 0 aliphatic heterocycles. The molecule has 0 amide bonds. The minimum Gasteiger partial charge on any atom is -0.497 e. The van der Waals surface area contributed by atoms with Crippen molar-refractivity contribution >= 4 is 56.5 Å². The number of benzene rings is 1. The molecule has 1 aromatic rings. The molecule has 1 rings (SSSR count). The average molecular weight is 362 g/mol. The molecule has 17 heavy (non-hydrogen) atoms. The highest BCUT2D eigenvalue weighted by Gasteiger charge is 2.22. The molecule has 0 radical (unpaired) electrons. The fourth-order valence-electron chi connectivity index (χ4n) is 1.12. The summed E-state index contributed by atoms with van der Waals surface area (Å²) in [7, 11) is 1.47. The van der Waals surface area contributed by atoms with Gasteiger partial charge in [0.2, 0.25) is 0 Å². The van der Waals surface area contributed by atoms with Crippen LogP contribution in [-0.4, -0.2) is 22.2 Å². The number of Topliss-reactive ketones (excluding diaryl/α,β-unsaturated/α-hetero) is 1. The third kappa shape index (κ3) is 4.92. The van der Waals surface area contributed by atoms with Crippen molar-refractivity contribution in [1.82, 2.24) is 0 Å². The van der Waals surface area contributed by atoms with Crippen molar-refractivity contribution in [3.8, 4) is 11.5 Å². The second kappa shape index (κ2) is 6.14. The number of rotatable bonds is 4. The molecule has 3 nitrogen and oxygen atoms in total. The van der Waals surface area contributed by atoms with E-state index in [0.29, 0.717) is 11.3 Å². The number of hydrogen-bond acceptors (Lipinski definition) is 3. The van der Waals surface area contributed by atoms with E-state index >= 15 is 0 Å². The van der Waals surface area contributed by atoms with Gasteiger partial charge in [0.25, 0.3) is 0 Å². The second-order valence-electron chi connectivity index (χ2n) is 3.00. The molecule has 0 aliphatic rings. The Bertz CT molecular complexity index is 418. The van der Waals surface area contributed by atoms with Crippen LogP contribution in [0.5, 0.6) is 11.5 Å². The molecule has 94 valence electrons. The van der Waals surface area contributed by atoms with Gasteiger partial charge < -0.3 is 9.47 Å². The summed E-state index contributed by atoms with van der Waals surface area (Å²) in [4.78, 5) is 11.5. The Kier molecular flexibility index (Phi) is 5.38. The minimum atomic E-state index is -1.89. The van der Waals surface area contributed by atoms with Crippen molar-refractivity contribution in [2.75, 3.05) is 12.4 Å². The lowest BCUT2D eigenvalue weighted by atomic mass is 10.1. The van der Waals surface area contributed by atoms with Crippen LogP contribution in [0.4, 0.5) is 0 Å². The number of halogens is 4. The SMILES string of the molecule is COc1cc(OC(Cl)(Cl)Cl)cc(C(=O)CBr)c1. The van der Waals surface area contributed by atoms with E-state index in [2.05, 4.69) is 15.9 Å². The van der Waals surface area contributed by atoms with Crippen LogP contribution >= 0.6 is 50.7 Å². The van der Waals surface area contributed by atoms with Gasteiger partial charge >= 0.3 is 3.98 Å². The van der Waals surface area contributed by atoms with E-state index in [1.165, 1.54) is 19.2 Å². The van der Waals surface area contributed by atoms with E-state index in [4.69, 9.17) is 44.3 Å². The summed E-state index contributed by atoms with van der Waals surface area (Å²) in [6.07, 6.45) is 0. The Balaban J connectivity index is 3.09. The van der Waals surface area contributed by atoms with Gasteiger partial charge in [0, 0.05) is 11.6 Å². The molecule has 0 aromatic heterocycles. The maximum Gasteiger partial charge on any atom is 0.338 e. The summed E-state index contributed by atoms with van der Waals surface area (Å²) in [6, 6.07) is 4.58. The van der Waals surface area contributed by atoms with Crippen molar-refractivity contribution in [3.05, 3.63) is 23.8 Å². The Morgan fingerprint density at radius 3 is 2.35 bits per heavy atom. The lowest BCUT2D eigenvalue weighted by Crippen LogP contribution is -2.13. The molecule has 0 unspecified atom stereocenters. The molecular formula is C10H8BrCl3O3. The van der Waals surface area contributed by atoms with E-state index in [1.807, 2.05) is 0 Å². The zero-order valence-electron chi connectivity index (χ0n) is 8.68. The monoisotopic (exact) mass is 360 g/mol. The molecule has 1 aromatic carbocycles. The van der Waals surface area contributed by atoms with Gasteiger partial charge in [-0.05, 0) is 46.9 Å². The number of ketones is 1. The third-order valence-electron chi connectivity index (χ3n) is 1.79. The van der Waals surface area contributed by atoms with E-state index in [1.54, 1.807) is 6.07 Å². The summed E-state index contributed by atoms with van der Waals surface area (Å²) < 4.78 is 8.17. The quantitative estimate of drug-likeness (QED) is 0.600. The first-order chi connectivity index (χ1) is 7.85. The second-order valence-corrected chi connectivity index (χ2v) is 5.74. The molecule has 0 N–H and O–H groups in total. The predicted octanol–water partition coefficient (Wildman–Crippen LogP) is 3.98. The fourth-order valence-corrected chi connectivity index (χ4v) is 1.71. The van der Waals surface area contributed by atoms with E-state index < -0.39 is 3.98 Å². The van der Waals surface area contributed by atoms with Crippen LogP contribution in [0.15, 0.2) is 18.2 Å². The zero-order valence-corrected chi connectivity index (χ0v) is 12.5. The Hall–Kier alpha value is -0.160. The summed E-state index contributed by atoms with van der Waals surface area (Å²) in [5.41, 5.74) is 0.408. The topological polar surface area (TPSA) is 35.5 Å². The van der Waals surface area contributed by atoms with Crippen molar-refractivity contribution in [2.24, 2.45) is 0 Å². The van der Waals surface area contributed by atoms with Crippen molar-refractivity contribution in [1.29, 1.82) is 0 Å². The van der Waals surface area contributed by atoms with Gasteiger partial charge in [-0.15, -0.1) is 0 Å². The molecular weight excluding hydrogens is 354 g/mol. The number of methoxy groups -OCH3 is 1. The predicted molar refractivity (Wildman–Crippen MR) is 72.0 cm³/mol. The van der Waals surface area contributed by atoms with Crippen LogP contribution in [0.3, 0.4) is 0 Å². The van der Waals surface area contributed by atoms with Crippen LogP contribution < -0.4 is 9.47 Å². The maximum atomic E-state index is 11.5. The molecule has 0 atom stereocenters. The molecule has 0 saturated heterocycles. The normalized spacial score (nSPS) is 11.1. The molecule has 0 bridgehead atoms. The standard InChI is InChI=1S/C10H8BrCl3O3/c1-16-7-2-6(9(15)5-11)3-8(4-7)17-10(12,13)14/h2-4H,5H2,1H3. The molecule has 0 spiro atoms. The van der Waals surface area contributed by atoms with Crippen LogP contribution in [0.2, 0.25) is 0 Å². The number of hydrogen-bond donors (Lipinski definition) is 0. The van der Waals surface area contributed by atoms with Crippen LogP contribution in [0, 0.1) is 0 Å². The Morgan fingerprint density at radius 2 is 1.88 bits per heavy atom. The number of alkyl halides is 4. The van der Waals surface area contributed by atoms with Gasteiger partial charge in [-0.25, -0.2) is 0 Å².